The Morgan fingerprint density at radius 2 is 1.93 bits per heavy atom. The second-order valence-electron chi connectivity index (χ2n) is 6.48. The number of nitrogens with two attached hydrogens (primary N) is 1. The summed E-state index contributed by atoms with van der Waals surface area (Å²) in [6.07, 6.45) is 0.543. The summed E-state index contributed by atoms with van der Waals surface area (Å²) < 4.78 is 19.2. The average Bonchev–Trinajstić information content (AvgIpc) is 2.75. The molecule has 0 spiro atoms. The molecule has 0 fully saturated rings. The largest absolute Gasteiger partial charge is 0.439 e. The highest BCUT2D eigenvalue weighted by Crippen LogP contribution is 2.18. The molecule has 1 aromatic heterocycles. The number of aromatic nitrogens is 1. The predicted octanol–water partition coefficient (Wildman–Crippen LogP) is 3.99. The van der Waals surface area contributed by atoms with Crippen molar-refractivity contribution in [3.8, 4) is 11.6 Å². The number of carbonyl (C=O) groups is 1. The third-order valence-corrected chi connectivity index (χ3v) is 4.12. The summed E-state index contributed by atoms with van der Waals surface area (Å²) in [5, 5.41) is 6.34. The minimum Gasteiger partial charge on any atom is -0.439 e. The van der Waals surface area contributed by atoms with Crippen molar-refractivity contribution in [2.24, 2.45) is 10.9 Å². The second-order valence-corrected chi connectivity index (χ2v) is 6.48. The first kappa shape index (κ1) is 20.8. The normalized spacial score (nSPS) is 12.2. The Balaban J connectivity index is 1.56. The van der Waals surface area contributed by atoms with Crippen LogP contribution in [0, 0.1) is 12.7 Å². The number of nitrogens with zero attached hydrogens (tertiary/aromatic N) is 2. The SMILES string of the molecule is Cc1ccc(NC(=O)C(C)ON=C(N)c2ccc(Oc3ccccc3)nc2)cc1F. The minimum absolute atomic E-state index is 0.0507. The monoisotopic (exact) mass is 408 g/mol. The number of amidine groups is 1. The average molecular weight is 408 g/mol. The van der Waals surface area contributed by atoms with Gasteiger partial charge in [-0.1, -0.05) is 29.4 Å². The van der Waals surface area contributed by atoms with Crippen molar-refractivity contribution in [1.29, 1.82) is 0 Å². The van der Waals surface area contributed by atoms with E-state index in [1.807, 2.05) is 30.3 Å². The number of anilines is 1. The molecule has 0 radical (unpaired) electrons. The van der Waals surface area contributed by atoms with Crippen LogP contribution in [0.5, 0.6) is 11.6 Å². The van der Waals surface area contributed by atoms with Crippen LogP contribution in [0.3, 0.4) is 0 Å². The van der Waals surface area contributed by atoms with Gasteiger partial charge in [0.15, 0.2) is 5.84 Å². The van der Waals surface area contributed by atoms with Gasteiger partial charge in [0, 0.05) is 23.5 Å². The van der Waals surface area contributed by atoms with Gasteiger partial charge in [0.2, 0.25) is 12.0 Å². The first-order valence-electron chi connectivity index (χ1n) is 9.18. The Kier molecular flexibility index (Phi) is 6.59. The lowest BCUT2D eigenvalue weighted by Crippen LogP contribution is -2.27. The molecule has 0 aliphatic carbocycles. The number of aryl methyl sites for hydroxylation is 1. The van der Waals surface area contributed by atoms with E-state index in [0.717, 1.165) is 0 Å². The van der Waals surface area contributed by atoms with Crippen molar-refractivity contribution in [3.05, 3.63) is 83.8 Å². The number of hydrogen-bond donors (Lipinski definition) is 2. The molecule has 154 valence electrons. The molecule has 7 nitrogen and oxygen atoms in total. The number of oxime groups is 1. The topological polar surface area (TPSA) is 98.8 Å². The van der Waals surface area contributed by atoms with E-state index in [2.05, 4.69) is 15.5 Å². The number of amides is 1. The zero-order valence-electron chi connectivity index (χ0n) is 16.5. The predicted molar refractivity (Wildman–Crippen MR) is 112 cm³/mol. The molecule has 0 aliphatic rings. The van der Waals surface area contributed by atoms with Gasteiger partial charge in [0.25, 0.3) is 5.91 Å². The van der Waals surface area contributed by atoms with Crippen molar-refractivity contribution >= 4 is 17.4 Å². The Hall–Kier alpha value is -3.94. The van der Waals surface area contributed by atoms with E-state index < -0.39 is 17.8 Å². The highest BCUT2D eigenvalue weighted by atomic mass is 19.1. The lowest BCUT2D eigenvalue weighted by molar-refractivity contribution is -0.126. The minimum atomic E-state index is -0.943. The third-order valence-electron chi connectivity index (χ3n) is 4.12. The summed E-state index contributed by atoms with van der Waals surface area (Å²) >= 11 is 0. The molecule has 2 aromatic carbocycles. The molecule has 0 aliphatic heterocycles. The van der Waals surface area contributed by atoms with Gasteiger partial charge in [-0.25, -0.2) is 9.37 Å². The first-order valence-corrected chi connectivity index (χ1v) is 9.18. The number of hydrogen-bond acceptors (Lipinski definition) is 5. The standard InChI is InChI=1S/C22H21FN4O3/c1-14-8-10-17(12-19(14)23)26-22(28)15(2)30-27-21(24)16-9-11-20(25-13-16)29-18-6-4-3-5-7-18/h3-13,15H,1-2H3,(H2,24,27)(H,26,28). The maximum atomic E-state index is 13.6. The maximum Gasteiger partial charge on any atom is 0.267 e. The fraction of sp³-hybridized carbons (Fsp3) is 0.136. The van der Waals surface area contributed by atoms with E-state index in [0.29, 0.717) is 28.4 Å². The van der Waals surface area contributed by atoms with Gasteiger partial charge in [-0.05, 0) is 49.7 Å². The number of benzene rings is 2. The lowest BCUT2D eigenvalue weighted by atomic mass is 10.2. The van der Waals surface area contributed by atoms with Gasteiger partial charge in [0.1, 0.15) is 11.6 Å². The number of rotatable bonds is 7. The van der Waals surface area contributed by atoms with Crippen LogP contribution >= 0.6 is 0 Å². The lowest BCUT2D eigenvalue weighted by Gasteiger charge is -2.12. The molecule has 30 heavy (non-hydrogen) atoms. The Morgan fingerprint density at radius 3 is 2.60 bits per heavy atom. The summed E-state index contributed by atoms with van der Waals surface area (Å²) in [4.78, 5) is 21.5. The van der Waals surface area contributed by atoms with Crippen molar-refractivity contribution in [2.75, 3.05) is 5.32 Å². The molecule has 1 unspecified atom stereocenters. The summed E-state index contributed by atoms with van der Waals surface area (Å²) in [7, 11) is 0. The fourth-order valence-corrected chi connectivity index (χ4v) is 2.35. The molecule has 3 rings (SSSR count). The third kappa shape index (κ3) is 5.54. The van der Waals surface area contributed by atoms with Gasteiger partial charge < -0.3 is 20.6 Å². The van der Waals surface area contributed by atoms with Crippen LogP contribution in [0.15, 0.2) is 72.0 Å². The second kappa shape index (κ2) is 9.51. The summed E-state index contributed by atoms with van der Waals surface area (Å²) in [5.74, 6) is 0.220. The Morgan fingerprint density at radius 1 is 1.17 bits per heavy atom. The summed E-state index contributed by atoms with van der Waals surface area (Å²) in [6.45, 7) is 3.14. The van der Waals surface area contributed by atoms with E-state index in [-0.39, 0.29) is 5.84 Å². The summed E-state index contributed by atoms with van der Waals surface area (Å²) in [6, 6.07) is 17.0. The zero-order valence-corrected chi connectivity index (χ0v) is 16.5. The molecule has 1 amide bonds. The highest BCUT2D eigenvalue weighted by Gasteiger charge is 2.15. The molecule has 1 atom stereocenters. The van der Waals surface area contributed by atoms with Crippen molar-refractivity contribution < 1.29 is 18.8 Å². The highest BCUT2D eigenvalue weighted by molar-refractivity contribution is 5.97. The number of para-hydroxylation sites is 1. The molecule has 8 heteroatoms. The molecule has 1 heterocycles. The Bertz CT molecular complexity index is 1040. The van der Waals surface area contributed by atoms with Crippen LogP contribution in [-0.2, 0) is 9.63 Å². The van der Waals surface area contributed by atoms with E-state index >= 15 is 0 Å². The van der Waals surface area contributed by atoms with Gasteiger partial charge in [-0.2, -0.15) is 0 Å². The van der Waals surface area contributed by atoms with Crippen LogP contribution in [0.1, 0.15) is 18.1 Å². The van der Waals surface area contributed by atoms with Crippen LogP contribution in [0.4, 0.5) is 10.1 Å². The van der Waals surface area contributed by atoms with Gasteiger partial charge in [0.05, 0.1) is 0 Å². The van der Waals surface area contributed by atoms with Gasteiger partial charge >= 0.3 is 0 Å². The van der Waals surface area contributed by atoms with Gasteiger partial charge in [-0.15, -0.1) is 0 Å². The number of pyridine rings is 1. The van der Waals surface area contributed by atoms with E-state index in [1.165, 1.54) is 19.2 Å². The van der Waals surface area contributed by atoms with E-state index in [9.17, 15) is 9.18 Å². The number of nitrogens with one attached hydrogen (secondary N) is 1. The smallest absolute Gasteiger partial charge is 0.267 e. The van der Waals surface area contributed by atoms with Gasteiger partial charge in [-0.3, -0.25) is 4.79 Å². The Labute approximate surface area is 173 Å². The summed E-state index contributed by atoms with van der Waals surface area (Å²) in [5.41, 5.74) is 7.22. The molecular weight excluding hydrogens is 387 g/mol. The van der Waals surface area contributed by atoms with Crippen molar-refractivity contribution in [3.63, 3.8) is 0 Å². The number of ether oxygens (including phenoxy) is 1. The fourth-order valence-electron chi connectivity index (χ4n) is 2.35. The zero-order chi connectivity index (χ0) is 21.5. The molecule has 3 aromatic rings. The van der Waals surface area contributed by atoms with Crippen LogP contribution in [0.25, 0.3) is 0 Å². The molecular formula is C22H21FN4O3. The van der Waals surface area contributed by atoms with E-state index in [1.54, 1.807) is 31.2 Å². The number of halogens is 1. The van der Waals surface area contributed by atoms with E-state index in [4.69, 9.17) is 15.3 Å². The van der Waals surface area contributed by atoms with Crippen LogP contribution < -0.4 is 15.8 Å². The molecule has 0 saturated heterocycles. The van der Waals surface area contributed by atoms with Crippen molar-refractivity contribution in [1.82, 2.24) is 4.98 Å². The van der Waals surface area contributed by atoms with Crippen LogP contribution in [0.2, 0.25) is 0 Å². The van der Waals surface area contributed by atoms with Crippen molar-refractivity contribution in [2.45, 2.75) is 20.0 Å². The quantitative estimate of drug-likeness (QED) is 0.350. The molecule has 0 saturated carbocycles. The molecule has 3 N–H and O–H groups in total. The first-order chi connectivity index (χ1) is 14.4. The maximum absolute atomic E-state index is 13.6. The number of carbonyl (C=O) groups excluding carboxylic acids is 1. The van der Waals surface area contributed by atoms with Crippen LogP contribution in [-0.4, -0.2) is 22.8 Å². The molecule has 0 bridgehead atoms.